The van der Waals surface area contributed by atoms with Crippen LogP contribution in [0.25, 0.3) is 49.4 Å². The minimum atomic E-state index is 0. The van der Waals surface area contributed by atoms with Crippen LogP contribution in [0.15, 0.2) is 297 Å². The molecule has 0 saturated heterocycles. The molecular formula is C112H161N. The molecule has 0 unspecified atom stereocenters. The molecule has 1 nitrogen and oxygen atoms in total. The van der Waals surface area contributed by atoms with Crippen molar-refractivity contribution in [2.75, 3.05) is 0 Å². The lowest BCUT2D eigenvalue weighted by Crippen LogP contribution is -1.94. The van der Waals surface area contributed by atoms with Crippen LogP contribution in [-0.4, -0.2) is 4.98 Å². The van der Waals surface area contributed by atoms with Gasteiger partial charge in [0.1, 0.15) is 0 Å². The first-order chi connectivity index (χ1) is 51.1. The minimum absolute atomic E-state index is 0. The molecule has 614 valence electrons. The molecule has 0 fully saturated rings. The number of aryl methyl sites for hydroxylation is 4. The summed E-state index contributed by atoms with van der Waals surface area (Å²) in [5, 5.41) is 5.44. The second-order valence-corrected chi connectivity index (χ2v) is 32.5. The molecule has 11 aromatic carbocycles. The van der Waals surface area contributed by atoms with Crippen LogP contribution in [-0.2, 0) is 51.4 Å². The van der Waals surface area contributed by atoms with Crippen molar-refractivity contribution in [2.45, 2.75) is 247 Å². The fourth-order valence-electron chi connectivity index (χ4n) is 12.9. The summed E-state index contributed by atoms with van der Waals surface area (Å²) in [6.07, 6.45) is 18.9. The fraction of sp³-hybridized carbons (Fsp3) is 0.393. The average molecular weight is 1520 g/mol. The molecule has 113 heavy (non-hydrogen) atoms. The smallest absolute Gasteiger partial charge is 0.0149 e. The predicted molar refractivity (Wildman–Crippen MR) is 518 cm³/mol. The van der Waals surface area contributed by atoms with Gasteiger partial charge in [0.2, 0.25) is 0 Å². The van der Waals surface area contributed by atoms with Gasteiger partial charge in [0.15, 0.2) is 0 Å². The van der Waals surface area contributed by atoms with Crippen molar-refractivity contribution in [3.8, 4) is 22.3 Å². The number of nitrogens with one attached hydrogen (secondary N) is 1. The molecule has 1 aliphatic rings. The Morgan fingerprint density at radius 3 is 1.12 bits per heavy atom. The van der Waals surface area contributed by atoms with Crippen LogP contribution in [0.2, 0.25) is 0 Å². The first-order valence-electron chi connectivity index (χ1n) is 40.3. The third-order valence-electron chi connectivity index (χ3n) is 18.6. The molecule has 0 radical (unpaired) electrons. The maximum absolute atomic E-state index is 3.17. The van der Waals surface area contributed by atoms with E-state index in [4.69, 9.17) is 0 Å². The molecule has 0 bridgehead atoms. The zero-order chi connectivity index (χ0) is 76.4. The summed E-state index contributed by atoms with van der Waals surface area (Å²) in [6, 6.07) is 102. The minimum Gasteiger partial charge on any atom is -0.365 e. The normalized spacial score (nSPS) is 10.5. The van der Waals surface area contributed by atoms with E-state index in [0.717, 1.165) is 66.6 Å². The van der Waals surface area contributed by atoms with Crippen LogP contribution in [0.5, 0.6) is 0 Å². The average Bonchev–Trinajstić information content (AvgIpc) is 1.77. The highest BCUT2D eigenvalue weighted by molar-refractivity contribution is 5.86. The highest BCUT2D eigenvalue weighted by Crippen LogP contribution is 2.32. The molecule has 12 aromatic rings. The van der Waals surface area contributed by atoms with E-state index in [0.29, 0.717) is 0 Å². The number of rotatable bonds is 21. The van der Waals surface area contributed by atoms with Gasteiger partial charge in [0.05, 0.1) is 0 Å². The van der Waals surface area contributed by atoms with Gasteiger partial charge in [-0.25, -0.2) is 0 Å². The van der Waals surface area contributed by atoms with Gasteiger partial charge in [-0.05, 0) is 237 Å². The number of fused-ring (bicyclic) bond motifs is 3. The second kappa shape index (κ2) is 59.6. The Morgan fingerprint density at radius 1 is 0.274 bits per heavy atom. The topological polar surface area (TPSA) is 15.8 Å². The lowest BCUT2D eigenvalue weighted by atomic mass is 9.97. The van der Waals surface area contributed by atoms with Crippen molar-refractivity contribution in [1.29, 1.82) is 0 Å². The van der Waals surface area contributed by atoms with Crippen LogP contribution in [0, 0.1) is 54.3 Å². The lowest BCUT2D eigenvalue weighted by molar-refractivity contribution is 0.586. The van der Waals surface area contributed by atoms with E-state index in [9.17, 15) is 0 Å². The van der Waals surface area contributed by atoms with Crippen molar-refractivity contribution in [2.24, 2.45) is 47.3 Å². The van der Waals surface area contributed by atoms with Crippen molar-refractivity contribution in [1.82, 2.24) is 4.98 Å². The van der Waals surface area contributed by atoms with Crippen molar-refractivity contribution >= 4 is 27.1 Å². The second-order valence-electron chi connectivity index (χ2n) is 32.5. The summed E-state index contributed by atoms with van der Waals surface area (Å²) in [4.78, 5) is 3.17. The Balaban J connectivity index is 0. The Morgan fingerprint density at radius 2 is 0.655 bits per heavy atom. The molecule has 1 aliphatic carbocycles. The standard InChI is InChI=1S/C17H20.C16H18.2C14H16.C13H16.C12H18.C11H16.C8H13N.7CH4/c1-14(2)8-9-15-10-12-17(13-11-15)16-6-4-3-5-7-16;1-13(2)12-14-8-10-16(11-9-14)15-6-4-3-5-7-15;1-11(2)10-13-8-5-7-12-6-3-4-9-14(12)13;1-11(2)9-12-7-8-13-5-3-4-6-14(13)10-12;1-10(2)9-12-8-7-11-5-3-4-6-13(11)12;1-10(2)4-7-12-8-5-11(3)6-9-12;1-10(2)8-9-11-6-4-3-5-7-11;1-7(2)6-8-4-3-5-9-8;;;;;;;/h3-7,10-14H,8-9H2,1-2H3;3-11,13H,12H2,1-2H3;3-9,11H,10H2,1-2H3;3-8,10-11H,9H2,1-2H3;3-6,8,10H,7,9H2,1-2H3;5-6,8-10H,4,7H2,1-3H3;3-7,10H,8-9H2,1-2H3;3-5,7,9H,6H2,1-2H3;7*1H4. The Hall–Kier alpha value is -9.04. The molecule has 0 aliphatic heterocycles. The number of allylic oxidation sites excluding steroid dienone is 2. The fourth-order valence-corrected chi connectivity index (χ4v) is 12.9. The zero-order valence-electron chi connectivity index (χ0n) is 68.4. The van der Waals surface area contributed by atoms with Crippen LogP contribution < -0.4 is 0 Å². The van der Waals surface area contributed by atoms with Gasteiger partial charge < -0.3 is 4.98 Å². The summed E-state index contributed by atoms with van der Waals surface area (Å²) in [5.74, 6) is 6.10. The van der Waals surface area contributed by atoms with E-state index in [2.05, 4.69) is 408 Å². The maximum atomic E-state index is 3.17. The summed E-state index contributed by atoms with van der Waals surface area (Å²) in [7, 11) is 0. The van der Waals surface area contributed by atoms with E-state index in [1.165, 1.54) is 157 Å². The largest absolute Gasteiger partial charge is 0.365 e. The monoisotopic (exact) mass is 1520 g/mol. The number of benzene rings is 11. The molecular weight excluding hydrogens is 1360 g/mol. The summed E-state index contributed by atoms with van der Waals surface area (Å²) in [6.45, 7) is 38.3. The van der Waals surface area contributed by atoms with Gasteiger partial charge in [-0.3, -0.25) is 0 Å². The van der Waals surface area contributed by atoms with Gasteiger partial charge in [-0.15, -0.1) is 0 Å². The van der Waals surface area contributed by atoms with Gasteiger partial charge in [-0.1, -0.05) is 447 Å². The number of hydrogen-bond donors (Lipinski definition) is 1. The predicted octanol–water partition coefficient (Wildman–Crippen LogP) is 34.8. The van der Waals surface area contributed by atoms with Gasteiger partial charge in [0, 0.05) is 11.9 Å². The van der Waals surface area contributed by atoms with Gasteiger partial charge in [0.25, 0.3) is 0 Å². The zero-order valence-corrected chi connectivity index (χ0v) is 68.4. The Bertz CT molecular complexity index is 4250. The van der Waals surface area contributed by atoms with E-state index < -0.39 is 0 Å². The van der Waals surface area contributed by atoms with Crippen LogP contribution >= 0.6 is 0 Å². The number of H-pyrrole nitrogens is 1. The highest BCUT2D eigenvalue weighted by Gasteiger charge is 2.14. The number of aromatic nitrogens is 1. The molecule has 0 spiro atoms. The SMILES string of the molecule is C.C.C.C.C.C.C.CC(C)CC1=CCc2ccccc21.CC(C)CCc1ccc(-c2ccccc2)cc1.CC(C)CCc1ccccc1.CC(C)Cc1ccc(-c2ccccc2)cc1.CC(C)Cc1ccc2ccccc2c1.CC(C)Cc1ccc[nH]1.CC(C)Cc1cccc2ccccc12.Cc1ccc(CCC(C)C)cc1. The molecule has 0 atom stereocenters. The summed E-state index contributed by atoms with van der Waals surface area (Å²) in [5.41, 5.74) is 21.1. The lowest BCUT2D eigenvalue weighted by Gasteiger charge is -2.08. The highest BCUT2D eigenvalue weighted by atomic mass is 14.7. The summed E-state index contributed by atoms with van der Waals surface area (Å²) < 4.78 is 0. The van der Waals surface area contributed by atoms with Crippen molar-refractivity contribution in [3.63, 3.8) is 0 Å². The first-order valence-corrected chi connectivity index (χ1v) is 40.3. The van der Waals surface area contributed by atoms with Crippen LogP contribution in [0.4, 0.5) is 0 Å². The third kappa shape index (κ3) is 43.1. The molecule has 1 aromatic heterocycles. The molecule has 0 amide bonds. The van der Waals surface area contributed by atoms with Crippen LogP contribution in [0.1, 0.15) is 244 Å². The molecule has 1 heterocycles. The maximum Gasteiger partial charge on any atom is 0.0149 e. The van der Waals surface area contributed by atoms with E-state index in [1.54, 1.807) is 5.57 Å². The Labute approximate surface area is 697 Å². The van der Waals surface area contributed by atoms with Crippen molar-refractivity contribution in [3.05, 3.63) is 353 Å². The van der Waals surface area contributed by atoms with E-state index in [-0.39, 0.29) is 52.0 Å². The van der Waals surface area contributed by atoms with Crippen molar-refractivity contribution < 1.29 is 0 Å². The summed E-state index contributed by atoms with van der Waals surface area (Å²) >= 11 is 0. The van der Waals surface area contributed by atoms with E-state index in [1.807, 2.05) is 12.3 Å². The third-order valence-corrected chi connectivity index (χ3v) is 18.6. The molecule has 1 heteroatoms. The van der Waals surface area contributed by atoms with Gasteiger partial charge in [-0.2, -0.15) is 0 Å². The molecule has 1 N–H and O–H groups in total. The molecule has 13 rings (SSSR count). The van der Waals surface area contributed by atoms with E-state index >= 15 is 0 Å². The first kappa shape index (κ1) is 106. The van der Waals surface area contributed by atoms with Crippen LogP contribution in [0.3, 0.4) is 0 Å². The quantitative estimate of drug-likeness (QED) is 0.0738. The number of aromatic amines is 1. The van der Waals surface area contributed by atoms with Gasteiger partial charge >= 0.3 is 0 Å². The Kier molecular flexibility index (Phi) is 56.0. The molecule has 0 saturated carbocycles. The number of hydrogen-bond acceptors (Lipinski definition) is 0.